The number of rotatable bonds is 5. The number of ether oxygens (including phenoxy) is 4. The molecule has 7 nitrogen and oxygen atoms in total. The van der Waals surface area contributed by atoms with Crippen molar-refractivity contribution in [3.05, 3.63) is 83.4 Å². The van der Waals surface area contributed by atoms with Crippen molar-refractivity contribution in [1.82, 2.24) is 5.32 Å². The van der Waals surface area contributed by atoms with Gasteiger partial charge in [-0.2, -0.15) is 0 Å². The van der Waals surface area contributed by atoms with Gasteiger partial charge in [-0.15, -0.1) is 0 Å². The molecule has 0 saturated carbocycles. The Kier molecular flexibility index (Phi) is 5.15. The first kappa shape index (κ1) is 19.9. The summed E-state index contributed by atoms with van der Waals surface area (Å²) in [5.74, 6) is 0.984. The number of nitrogens with one attached hydrogen (secondary N) is 1. The minimum atomic E-state index is -0.960. The van der Waals surface area contributed by atoms with Crippen molar-refractivity contribution in [1.29, 1.82) is 0 Å². The third kappa shape index (κ3) is 3.73. The molecule has 3 aromatic carbocycles. The van der Waals surface area contributed by atoms with Gasteiger partial charge in [0, 0.05) is 17.7 Å². The Bertz CT molecular complexity index is 1150. The Morgan fingerprint density at radius 2 is 1.59 bits per heavy atom. The minimum absolute atomic E-state index is 0.191. The molecule has 1 amide bonds. The van der Waals surface area contributed by atoms with E-state index < -0.39 is 18.0 Å². The summed E-state index contributed by atoms with van der Waals surface area (Å²) in [5.41, 5.74) is 2.28. The zero-order chi connectivity index (χ0) is 22.1. The van der Waals surface area contributed by atoms with Gasteiger partial charge in [0.05, 0.1) is 0 Å². The second kappa shape index (κ2) is 8.26. The number of carbonyl (C=O) groups is 2. The topological polar surface area (TPSA) is 83.1 Å². The first-order chi connectivity index (χ1) is 15.6. The molecule has 7 heteroatoms. The van der Waals surface area contributed by atoms with E-state index in [-0.39, 0.29) is 19.2 Å². The number of benzene rings is 3. The summed E-state index contributed by atoms with van der Waals surface area (Å²) in [5, 5.41) is 2.80. The molecule has 2 aliphatic heterocycles. The Morgan fingerprint density at radius 3 is 2.31 bits per heavy atom. The summed E-state index contributed by atoms with van der Waals surface area (Å²) in [7, 11) is 0. The molecule has 0 saturated heterocycles. The van der Waals surface area contributed by atoms with Gasteiger partial charge in [0.25, 0.3) is 5.91 Å². The molecular formula is C25H21NO6. The lowest BCUT2D eigenvalue weighted by molar-refractivity contribution is -0.155. The molecule has 1 N–H and O–H groups in total. The van der Waals surface area contributed by atoms with Crippen LogP contribution < -0.4 is 19.5 Å². The highest BCUT2D eigenvalue weighted by Crippen LogP contribution is 2.44. The van der Waals surface area contributed by atoms with Gasteiger partial charge < -0.3 is 24.3 Å². The van der Waals surface area contributed by atoms with Crippen molar-refractivity contribution in [2.24, 2.45) is 0 Å². The molecule has 5 rings (SSSR count). The maximum atomic E-state index is 13.2. The van der Waals surface area contributed by atoms with Crippen LogP contribution in [-0.4, -0.2) is 24.8 Å². The van der Waals surface area contributed by atoms with E-state index in [1.165, 1.54) is 0 Å². The third-order valence-corrected chi connectivity index (χ3v) is 5.48. The number of hydrogen-bond acceptors (Lipinski definition) is 6. The van der Waals surface area contributed by atoms with Crippen molar-refractivity contribution in [3.8, 4) is 23.0 Å². The highest BCUT2D eigenvalue weighted by atomic mass is 16.7. The molecular weight excluding hydrogens is 410 g/mol. The lowest BCUT2D eigenvalue weighted by Crippen LogP contribution is -2.37. The molecule has 0 bridgehead atoms. The van der Waals surface area contributed by atoms with Crippen LogP contribution >= 0.6 is 0 Å². The highest BCUT2D eigenvalue weighted by molar-refractivity contribution is 5.89. The monoisotopic (exact) mass is 431 g/mol. The normalized spacial score (nSPS) is 14.5. The largest absolute Gasteiger partial charge is 0.457 e. The number of amides is 1. The van der Waals surface area contributed by atoms with Crippen LogP contribution in [-0.2, 0) is 20.9 Å². The number of para-hydroxylation sites is 2. The molecule has 0 radical (unpaired) electrons. The predicted molar refractivity (Wildman–Crippen MR) is 115 cm³/mol. The summed E-state index contributed by atoms with van der Waals surface area (Å²) in [6.45, 7) is 2.03. The molecule has 0 aliphatic carbocycles. The molecule has 0 spiro atoms. The quantitative estimate of drug-likeness (QED) is 0.617. The number of carbonyl (C=O) groups excluding carboxylic acids is 2. The van der Waals surface area contributed by atoms with Gasteiger partial charge in [-0.3, -0.25) is 9.59 Å². The van der Waals surface area contributed by atoms with E-state index in [1.54, 1.807) is 13.0 Å². The van der Waals surface area contributed by atoms with Crippen LogP contribution in [0.15, 0.2) is 66.7 Å². The summed E-state index contributed by atoms with van der Waals surface area (Å²) in [4.78, 5) is 25.7. The van der Waals surface area contributed by atoms with Gasteiger partial charge in [-0.25, -0.2) is 0 Å². The van der Waals surface area contributed by atoms with Gasteiger partial charge in [-0.05, 0) is 36.8 Å². The van der Waals surface area contributed by atoms with Crippen molar-refractivity contribution in [3.63, 3.8) is 0 Å². The average molecular weight is 431 g/mol. The molecule has 0 fully saturated rings. The fourth-order valence-electron chi connectivity index (χ4n) is 3.84. The predicted octanol–water partition coefficient (Wildman–Crippen LogP) is 3.90. The average Bonchev–Trinajstić information content (AvgIpc) is 3.28. The van der Waals surface area contributed by atoms with Gasteiger partial charge in [0.15, 0.2) is 17.6 Å². The fourth-order valence-corrected chi connectivity index (χ4v) is 3.84. The first-order valence-corrected chi connectivity index (χ1v) is 10.3. The van der Waals surface area contributed by atoms with Crippen LogP contribution in [0.25, 0.3) is 0 Å². The van der Waals surface area contributed by atoms with E-state index in [9.17, 15) is 9.59 Å². The van der Waals surface area contributed by atoms with Gasteiger partial charge >= 0.3 is 5.97 Å². The van der Waals surface area contributed by atoms with E-state index >= 15 is 0 Å². The molecule has 0 aromatic heterocycles. The second-order valence-electron chi connectivity index (χ2n) is 7.60. The van der Waals surface area contributed by atoms with Gasteiger partial charge in [0.2, 0.25) is 6.79 Å². The summed E-state index contributed by atoms with van der Waals surface area (Å²) >= 11 is 0. The van der Waals surface area contributed by atoms with E-state index in [1.807, 2.05) is 60.7 Å². The van der Waals surface area contributed by atoms with Crippen molar-refractivity contribution < 1.29 is 28.5 Å². The molecule has 2 aliphatic rings. The highest BCUT2D eigenvalue weighted by Gasteiger charge is 2.35. The lowest BCUT2D eigenvalue weighted by atomic mass is 9.88. The van der Waals surface area contributed by atoms with E-state index in [2.05, 4.69) is 5.32 Å². The first-order valence-electron chi connectivity index (χ1n) is 10.3. The molecule has 1 atom stereocenters. The van der Waals surface area contributed by atoms with Crippen LogP contribution in [0.2, 0.25) is 0 Å². The van der Waals surface area contributed by atoms with Crippen LogP contribution in [0.4, 0.5) is 0 Å². The van der Waals surface area contributed by atoms with Crippen LogP contribution in [0.3, 0.4) is 0 Å². The third-order valence-electron chi connectivity index (χ3n) is 5.48. The lowest BCUT2D eigenvalue weighted by Gasteiger charge is -2.27. The SMILES string of the molecule is CC(OC(=O)C1c2ccccc2Oc2ccccc21)C(=O)NCc1ccc2c(c1)OCO2. The van der Waals surface area contributed by atoms with Crippen molar-refractivity contribution >= 4 is 11.9 Å². The van der Waals surface area contributed by atoms with E-state index in [0.29, 0.717) is 34.1 Å². The zero-order valence-electron chi connectivity index (χ0n) is 17.4. The smallest absolute Gasteiger partial charge is 0.318 e. The number of esters is 1. The molecule has 32 heavy (non-hydrogen) atoms. The Labute approximate surface area is 184 Å². The van der Waals surface area contributed by atoms with Gasteiger partial charge in [0.1, 0.15) is 17.4 Å². The van der Waals surface area contributed by atoms with Crippen LogP contribution in [0.1, 0.15) is 29.5 Å². The van der Waals surface area contributed by atoms with Crippen molar-refractivity contribution in [2.45, 2.75) is 25.5 Å². The van der Waals surface area contributed by atoms with E-state index in [0.717, 1.165) is 5.56 Å². The number of fused-ring (bicyclic) bond motifs is 3. The summed E-state index contributed by atoms with van der Waals surface area (Å²) < 4.78 is 22.1. The van der Waals surface area contributed by atoms with Crippen molar-refractivity contribution in [2.75, 3.05) is 6.79 Å². The molecule has 162 valence electrons. The van der Waals surface area contributed by atoms with Gasteiger partial charge in [-0.1, -0.05) is 42.5 Å². The molecule has 2 heterocycles. The minimum Gasteiger partial charge on any atom is -0.457 e. The zero-order valence-corrected chi connectivity index (χ0v) is 17.4. The Hall–Kier alpha value is -4.00. The van der Waals surface area contributed by atoms with Crippen LogP contribution in [0, 0.1) is 0 Å². The molecule has 1 unspecified atom stereocenters. The maximum absolute atomic E-state index is 13.2. The van der Waals surface area contributed by atoms with Crippen LogP contribution in [0.5, 0.6) is 23.0 Å². The Balaban J connectivity index is 1.27. The summed E-state index contributed by atoms with van der Waals surface area (Å²) in [6, 6.07) is 20.1. The standard InChI is InChI=1S/C25H21NO6/c1-15(24(27)26-13-16-10-11-21-22(12-16)30-14-29-21)31-25(28)23-17-6-2-4-8-19(17)32-20-9-5-3-7-18(20)23/h2-12,15,23H,13-14H2,1H3,(H,26,27). The molecule has 3 aromatic rings. The Morgan fingerprint density at radius 1 is 0.938 bits per heavy atom. The fraction of sp³-hybridized carbons (Fsp3) is 0.200. The van der Waals surface area contributed by atoms with E-state index in [4.69, 9.17) is 18.9 Å². The summed E-state index contributed by atoms with van der Waals surface area (Å²) in [6.07, 6.45) is -0.960. The number of hydrogen-bond donors (Lipinski definition) is 1. The maximum Gasteiger partial charge on any atom is 0.318 e. The second-order valence-corrected chi connectivity index (χ2v) is 7.60.